The first kappa shape index (κ1) is 17.3. The molecule has 28 heavy (non-hydrogen) atoms. The van der Waals surface area contributed by atoms with Crippen molar-refractivity contribution in [2.45, 2.75) is 38.1 Å². The van der Waals surface area contributed by atoms with Gasteiger partial charge in [0.1, 0.15) is 5.75 Å². The summed E-state index contributed by atoms with van der Waals surface area (Å²) in [5, 5.41) is 19.2. The van der Waals surface area contributed by atoms with E-state index in [0.29, 0.717) is 28.4 Å². The molecule has 2 aliphatic rings. The van der Waals surface area contributed by atoms with Crippen molar-refractivity contribution in [1.29, 1.82) is 0 Å². The van der Waals surface area contributed by atoms with Crippen LogP contribution in [0.4, 0.5) is 5.82 Å². The molecule has 5 rings (SSSR count). The number of benzene rings is 1. The lowest BCUT2D eigenvalue weighted by Crippen LogP contribution is -2.37. The fourth-order valence-electron chi connectivity index (χ4n) is 5.00. The molecule has 146 valence electrons. The zero-order valence-corrected chi connectivity index (χ0v) is 16.1. The van der Waals surface area contributed by atoms with E-state index in [1.165, 1.54) is 42.7 Å². The van der Waals surface area contributed by atoms with Crippen LogP contribution in [0.2, 0.25) is 0 Å². The first-order chi connectivity index (χ1) is 13.5. The monoisotopic (exact) mass is 380 g/mol. The van der Waals surface area contributed by atoms with Crippen LogP contribution < -0.4 is 10.7 Å². The van der Waals surface area contributed by atoms with E-state index < -0.39 is 5.76 Å². The van der Waals surface area contributed by atoms with Gasteiger partial charge in [-0.1, -0.05) is 12.8 Å². The Morgan fingerprint density at radius 2 is 1.89 bits per heavy atom. The maximum Gasteiger partial charge on any atom is 0.419 e. The second-order valence-corrected chi connectivity index (χ2v) is 8.32. The molecule has 2 aliphatic carbocycles. The topological polar surface area (TPSA) is 84.4 Å². The molecule has 7 heteroatoms. The SMILES string of the molecule is CN(c1ccc(-c2cc3oc(=O)n(C)c3cc2O)nn1)[C@H]1C[C@@H]2CC[C@@H](C2)C1. The molecule has 2 fully saturated rings. The summed E-state index contributed by atoms with van der Waals surface area (Å²) in [5.41, 5.74) is 2.01. The van der Waals surface area contributed by atoms with Gasteiger partial charge in [0, 0.05) is 31.8 Å². The van der Waals surface area contributed by atoms with Crippen molar-refractivity contribution in [3.05, 3.63) is 34.8 Å². The second-order valence-electron chi connectivity index (χ2n) is 8.32. The summed E-state index contributed by atoms with van der Waals surface area (Å²) in [6, 6.07) is 7.49. The van der Waals surface area contributed by atoms with Gasteiger partial charge < -0.3 is 14.4 Å². The summed E-state index contributed by atoms with van der Waals surface area (Å²) in [6.07, 6.45) is 6.61. The average molecular weight is 380 g/mol. The van der Waals surface area contributed by atoms with Crippen LogP contribution in [0.15, 0.2) is 33.5 Å². The van der Waals surface area contributed by atoms with Crippen LogP contribution in [-0.4, -0.2) is 33.0 Å². The summed E-state index contributed by atoms with van der Waals surface area (Å²) in [6.45, 7) is 0. The van der Waals surface area contributed by atoms with E-state index >= 15 is 0 Å². The van der Waals surface area contributed by atoms with Crippen molar-refractivity contribution in [2.75, 3.05) is 11.9 Å². The number of aryl methyl sites for hydroxylation is 1. The van der Waals surface area contributed by atoms with Crippen LogP contribution in [0, 0.1) is 11.8 Å². The summed E-state index contributed by atoms with van der Waals surface area (Å²) < 4.78 is 6.58. The Kier molecular flexibility index (Phi) is 3.92. The number of fused-ring (bicyclic) bond motifs is 3. The van der Waals surface area contributed by atoms with Gasteiger partial charge in [0.25, 0.3) is 0 Å². The first-order valence-electron chi connectivity index (χ1n) is 9.89. The van der Waals surface area contributed by atoms with Crippen LogP contribution in [0.25, 0.3) is 22.4 Å². The third-order valence-corrected chi connectivity index (χ3v) is 6.61. The lowest BCUT2D eigenvalue weighted by Gasteiger charge is -2.35. The number of phenolic OH excluding ortho intramolecular Hbond substituents is 1. The van der Waals surface area contributed by atoms with Crippen molar-refractivity contribution in [1.82, 2.24) is 14.8 Å². The van der Waals surface area contributed by atoms with Crippen molar-refractivity contribution in [3.63, 3.8) is 0 Å². The van der Waals surface area contributed by atoms with E-state index in [9.17, 15) is 9.90 Å². The van der Waals surface area contributed by atoms with E-state index in [2.05, 4.69) is 22.1 Å². The summed E-state index contributed by atoms with van der Waals surface area (Å²) in [4.78, 5) is 13.9. The Labute approximate surface area is 162 Å². The summed E-state index contributed by atoms with van der Waals surface area (Å²) in [7, 11) is 3.70. The molecule has 2 heterocycles. The van der Waals surface area contributed by atoms with Crippen LogP contribution in [0.1, 0.15) is 32.1 Å². The molecular formula is C21H24N4O3. The average Bonchev–Trinajstić information content (AvgIpc) is 3.18. The molecule has 2 saturated carbocycles. The molecule has 0 aliphatic heterocycles. The maximum atomic E-state index is 11.7. The Balaban J connectivity index is 1.42. The minimum absolute atomic E-state index is 0.0446. The Hall–Kier alpha value is -2.83. The highest BCUT2D eigenvalue weighted by atomic mass is 16.4. The van der Waals surface area contributed by atoms with Gasteiger partial charge in [-0.15, -0.1) is 10.2 Å². The fraction of sp³-hybridized carbons (Fsp3) is 0.476. The molecule has 0 amide bonds. The zero-order chi connectivity index (χ0) is 19.4. The molecule has 1 aromatic carbocycles. The molecule has 0 radical (unpaired) electrons. The number of oxazole rings is 1. The number of anilines is 1. The molecule has 3 atom stereocenters. The second kappa shape index (κ2) is 6.36. The number of phenols is 1. The number of hydrogen-bond donors (Lipinski definition) is 1. The van der Waals surface area contributed by atoms with Gasteiger partial charge in [0.15, 0.2) is 11.4 Å². The van der Waals surface area contributed by atoms with Crippen LogP contribution in [-0.2, 0) is 7.05 Å². The first-order valence-corrected chi connectivity index (χ1v) is 9.89. The predicted octanol–water partition coefficient (Wildman–Crippen LogP) is 3.31. The molecule has 2 bridgehead atoms. The number of aromatic nitrogens is 3. The van der Waals surface area contributed by atoms with Gasteiger partial charge in [0.05, 0.1) is 11.2 Å². The molecule has 0 unspecified atom stereocenters. The lowest BCUT2D eigenvalue weighted by molar-refractivity contribution is 0.312. The maximum absolute atomic E-state index is 11.7. The van der Waals surface area contributed by atoms with Gasteiger partial charge >= 0.3 is 5.76 Å². The zero-order valence-electron chi connectivity index (χ0n) is 16.1. The van der Waals surface area contributed by atoms with Crippen molar-refractivity contribution < 1.29 is 9.52 Å². The van der Waals surface area contributed by atoms with Crippen LogP contribution >= 0.6 is 0 Å². The van der Waals surface area contributed by atoms with Crippen molar-refractivity contribution >= 4 is 16.9 Å². The Morgan fingerprint density at radius 3 is 2.57 bits per heavy atom. The third kappa shape index (κ3) is 2.77. The van der Waals surface area contributed by atoms with E-state index in [1.807, 2.05) is 12.1 Å². The molecule has 1 N–H and O–H groups in total. The predicted molar refractivity (Wildman–Crippen MR) is 106 cm³/mol. The molecule has 0 spiro atoms. The normalized spacial score (nSPS) is 24.0. The molecule has 3 aromatic rings. The highest BCUT2D eigenvalue weighted by molar-refractivity contribution is 5.83. The van der Waals surface area contributed by atoms with Crippen molar-refractivity contribution in [3.8, 4) is 17.0 Å². The summed E-state index contributed by atoms with van der Waals surface area (Å²) in [5.74, 6) is 2.16. The van der Waals surface area contributed by atoms with Crippen LogP contribution in [0.3, 0.4) is 0 Å². The lowest BCUT2D eigenvalue weighted by atomic mass is 9.85. The summed E-state index contributed by atoms with van der Waals surface area (Å²) >= 11 is 0. The van der Waals surface area contributed by atoms with Gasteiger partial charge in [-0.05, 0) is 49.3 Å². The minimum atomic E-state index is -0.462. The number of aromatic hydroxyl groups is 1. The van der Waals surface area contributed by atoms with E-state index in [0.717, 1.165) is 17.7 Å². The third-order valence-electron chi connectivity index (χ3n) is 6.61. The minimum Gasteiger partial charge on any atom is -0.507 e. The standard InChI is InChI=1S/C21H24N4O3/c1-24(14-8-12-3-4-13(7-12)9-14)20-6-5-16(22-23-20)15-10-19-17(11-18(15)26)25(2)21(27)28-19/h5-6,10-14,26H,3-4,7-9H2,1-2H3/t12-,13+,14+. The molecular weight excluding hydrogens is 356 g/mol. The van der Waals surface area contributed by atoms with E-state index in [4.69, 9.17) is 4.42 Å². The van der Waals surface area contributed by atoms with Gasteiger partial charge in [-0.3, -0.25) is 4.57 Å². The van der Waals surface area contributed by atoms with Gasteiger partial charge in [0.2, 0.25) is 0 Å². The highest BCUT2D eigenvalue weighted by Crippen LogP contribution is 2.43. The van der Waals surface area contributed by atoms with Gasteiger partial charge in [-0.2, -0.15) is 0 Å². The number of hydrogen-bond acceptors (Lipinski definition) is 6. The number of rotatable bonds is 3. The molecule has 0 saturated heterocycles. The highest BCUT2D eigenvalue weighted by Gasteiger charge is 2.36. The molecule has 2 aromatic heterocycles. The van der Waals surface area contributed by atoms with Gasteiger partial charge in [-0.25, -0.2) is 4.79 Å². The van der Waals surface area contributed by atoms with Crippen LogP contribution in [0.5, 0.6) is 5.75 Å². The van der Waals surface area contributed by atoms with E-state index in [1.54, 1.807) is 13.1 Å². The molecule has 7 nitrogen and oxygen atoms in total. The number of nitrogens with zero attached hydrogens (tertiary/aromatic N) is 4. The van der Waals surface area contributed by atoms with E-state index in [-0.39, 0.29) is 5.75 Å². The smallest absolute Gasteiger partial charge is 0.419 e. The fourth-order valence-corrected chi connectivity index (χ4v) is 5.00. The Morgan fingerprint density at radius 1 is 1.14 bits per heavy atom. The largest absolute Gasteiger partial charge is 0.507 e. The quantitative estimate of drug-likeness (QED) is 0.750. The van der Waals surface area contributed by atoms with Crippen molar-refractivity contribution in [2.24, 2.45) is 18.9 Å². The Bertz CT molecular complexity index is 1070.